The van der Waals surface area contributed by atoms with E-state index in [-0.39, 0.29) is 5.41 Å². The lowest BCUT2D eigenvalue weighted by Gasteiger charge is -2.57. The number of phenols is 1. The summed E-state index contributed by atoms with van der Waals surface area (Å²) in [6, 6.07) is 7.60. The van der Waals surface area contributed by atoms with Gasteiger partial charge in [-0.3, -0.25) is 0 Å². The maximum Gasteiger partial charge on any atom is 0.119 e. The van der Waals surface area contributed by atoms with Crippen LogP contribution in [0.3, 0.4) is 0 Å². The number of hydrogen-bond acceptors (Lipinski definition) is 2. The van der Waals surface area contributed by atoms with Crippen molar-refractivity contribution in [3.63, 3.8) is 0 Å². The van der Waals surface area contributed by atoms with Crippen LogP contribution in [0.25, 0.3) is 0 Å². The van der Waals surface area contributed by atoms with Crippen molar-refractivity contribution in [2.24, 2.45) is 17.8 Å². The molecule has 0 atom stereocenters. The Kier molecular flexibility index (Phi) is 2.24. The lowest BCUT2D eigenvalue weighted by molar-refractivity contribution is -0.00614. The van der Waals surface area contributed by atoms with Gasteiger partial charge in [0.25, 0.3) is 0 Å². The Morgan fingerprint density at radius 3 is 2.16 bits per heavy atom. The Morgan fingerprint density at radius 2 is 1.63 bits per heavy atom. The summed E-state index contributed by atoms with van der Waals surface area (Å²) in [6.45, 7) is 0. The number of phenolic OH excluding ortho intramolecular Hbond substituents is 1. The molecule has 98 valence electrons. The number of nitrogens with zero attached hydrogens (tertiary/aromatic N) is 1. The molecule has 0 aliphatic heterocycles. The van der Waals surface area contributed by atoms with Gasteiger partial charge in [-0.15, -0.1) is 0 Å². The number of nitriles is 1. The van der Waals surface area contributed by atoms with Crippen LogP contribution in [0.4, 0.5) is 0 Å². The summed E-state index contributed by atoms with van der Waals surface area (Å²) in [4.78, 5) is 0. The van der Waals surface area contributed by atoms with Crippen LogP contribution in [-0.2, 0) is 5.41 Å². The molecule has 4 fully saturated rings. The normalized spacial score (nSPS) is 39.2. The zero-order valence-electron chi connectivity index (χ0n) is 11.1. The van der Waals surface area contributed by atoms with Gasteiger partial charge in [0, 0.05) is 5.56 Å². The first-order valence-electron chi connectivity index (χ1n) is 7.42. The summed E-state index contributed by atoms with van der Waals surface area (Å²) >= 11 is 0. The van der Waals surface area contributed by atoms with Crippen LogP contribution in [-0.4, -0.2) is 5.11 Å². The Hall–Kier alpha value is -1.49. The molecule has 0 aromatic heterocycles. The standard InChI is InChI=1S/C17H19NO/c18-10-11-1-2-16(19)15(6-11)17-7-12-3-13(8-17)5-14(4-12)9-17/h1-2,6,12-14,19H,3-5,7-9H2. The second-order valence-electron chi connectivity index (χ2n) is 7.04. The fraction of sp³-hybridized carbons (Fsp3) is 0.588. The zero-order valence-corrected chi connectivity index (χ0v) is 11.1. The molecule has 4 bridgehead atoms. The van der Waals surface area contributed by atoms with Crippen molar-refractivity contribution in [3.8, 4) is 11.8 Å². The van der Waals surface area contributed by atoms with Gasteiger partial charge in [-0.25, -0.2) is 0 Å². The van der Waals surface area contributed by atoms with Crippen molar-refractivity contribution in [3.05, 3.63) is 29.3 Å². The molecule has 4 aliphatic rings. The van der Waals surface area contributed by atoms with Gasteiger partial charge in [0.05, 0.1) is 11.6 Å². The highest BCUT2D eigenvalue weighted by Crippen LogP contribution is 2.61. The maximum atomic E-state index is 10.3. The predicted molar refractivity (Wildman–Crippen MR) is 72.7 cm³/mol. The molecule has 2 nitrogen and oxygen atoms in total. The van der Waals surface area contributed by atoms with Crippen LogP contribution >= 0.6 is 0 Å². The van der Waals surface area contributed by atoms with Gasteiger partial charge in [-0.1, -0.05) is 0 Å². The van der Waals surface area contributed by atoms with E-state index in [2.05, 4.69) is 6.07 Å². The van der Waals surface area contributed by atoms with Crippen LogP contribution in [0.1, 0.15) is 49.7 Å². The predicted octanol–water partition coefficient (Wildman–Crippen LogP) is 3.73. The van der Waals surface area contributed by atoms with Crippen LogP contribution in [0, 0.1) is 29.1 Å². The topological polar surface area (TPSA) is 44.0 Å². The lowest BCUT2D eigenvalue weighted by Crippen LogP contribution is -2.48. The smallest absolute Gasteiger partial charge is 0.119 e. The first-order chi connectivity index (χ1) is 9.18. The Labute approximate surface area is 114 Å². The van der Waals surface area contributed by atoms with E-state index in [1.807, 2.05) is 6.07 Å². The highest BCUT2D eigenvalue weighted by atomic mass is 16.3. The van der Waals surface area contributed by atoms with E-state index in [1.54, 1.807) is 12.1 Å². The summed E-state index contributed by atoms with van der Waals surface area (Å²) in [5.41, 5.74) is 1.92. The second kappa shape index (κ2) is 3.76. The third-order valence-corrected chi connectivity index (χ3v) is 5.74. The highest BCUT2D eigenvalue weighted by molar-refractivity contribution is 5.46. The molecule has 0 amide bonds. The Morgan fingerprint density at radius 1 is 1.05 bits per heavy atom. The average Bonchev–Trinajstić information content (AvgIpc) is 2.37. The molecule has 1 aromatic rings. The first kappa shape index (κ1) is 11.3. The molecule has 0 spiro atoms. The van der Waals surface area contributed by atoms with Crippen molar-refractivity contribution in [1.29, 1.82) is 5.26 Å². The van der Waals surface area contributed by atoms with E-state index in [9.17, 15) is 5.11 Å². The third kappa shape index (κ3) is 1.61. The van der Waals surface area contributed by atoms with Gasteiger partial charge in [0.1, 0.15) is 5.75 Å². The molecule has 0 radical (unpaired) electrons. The van der Waals surface area contributed by atoms with E-state index in [0.29, 0.717) is 11.3 Å². The maximum absolute atomic E-state index is 10.3. The van der Waals surface area contributed by atoms with Gasteiger partial charge < -0.3 is 5.11 Å². The fourth-order valence-electron chi connectivity index (χ4n) is 5.47. The summed E-state index contributed by atoms with van der Waals surface area (Å²) in [6.07, 6.45) is 7.87. The van der Waals surface area contributed by atoms with Gasteiger partial charge >= 0.3 is 0 Å². The van der Waals surface area contributed by atoms with Gasteiger partial charge in [0.15, 0.2) is 0 Å². The quantitative estimate of drug-likeness (QED) is 0.828. The van der Waals surface area contributed by atoms with Crippen molar-refractivity contribution >= 4 is 0 Å². The zero-order chi connectivity index (χ0) is 13.0. The van der Waals surface area contributed by atoms with Crippen LogP contribution in [0.2, 0.25) is 0 Å². The number of rotatable bonds is 1. The molecular formula is C17H19NO. The number of aromatic hydroxyl groups is 1. The Balaban J connectivity index is 1.81. The van der Waals surface area contributed by atoms with Gasteiger partial charge in [-0.05, 0) is 79.9 Å². The molecule has 1 N–H and O–H groups in total. The molecule has 19 heavy (non-hydrogen) atoms. The van der Waals surface area contributed by atoms with E-state index in [4.69, 9.17) is 5.26 Å². The highest BCUT2D eigenvalue weighted by Gasteiger charge is 2.52. The minimum Gasteiger partial charge on any atom is -0.508 e. The summed E-state index contributed by atoms with van der Waals surface area (Å²) in [5, 5.41) is 19.4. The molecule has 2 heteroatoms. The fourth-order valence-corrected chi connectivity index (χ4v) is 5.47. The molecule has 4 saturated carbocycles. The molecule has 5 rings (SSSR count). The van der Waals surface area contributed by atoms with E-state index < -0.39 is 0 Å². The summed E-state index contributed by atoms with van der Waals surface area (Å²) < 4.78 is 0. The first-order valence-corrected chi connectivity index (χ1v) is 7.42. The van der Waals surface area contributed by atoms with Gasteiger partial charge in [-0.2, -0.15) is 5.26 Å². The van der Waals surface area contributed by atoms with Crippen LogP contribution < -0.4 is 0 Å². The van der Waals surface area contributed by atoms with Crippen LogP contribution in [0.15, 0.2) is 18.2 Å². The van der Waals surface area contributed by atoms with Crippen LogP contribution in [0.5, 0.6) is 5.75 Å². The van der Waals surface area contributed by atoms with E-state index in [0.717, 1.165) is 23.3 Å². The lowest BCUT2D eigenvalue weighted by atomic mass is 9.48. The third-order valence-electron chi connectivity index (χ3n) is 5.74. The molecule has 0 heterocycles. The number of hydrogen-bond donors (Lipinski definition) is 1. The average molecular weight is 253 g/mol. The summed E-state index contributed by atoms with van der Waals surface area (Å²) in [7, 11) is 0. The largest absolute Gasteiger partial charge is 0.508 e. The minimum atomic E-state index is 0.172. The van der Waals surface area contributed by atoms with E-state index in [1.165, 1.54) is 38.5 Å². The molecule has 4 aliphatic carbocycles. The molecule has 0 unspecified atom stereocenters. The monoisotopic (exact) mass is 253 g/mol. The minimum absolute atomic E-state index is 0.172. The van der Waals surface area contributed by atoms with E-state index >= 15 is 0 Å². The molecular weight excluding hydrogens is 234 g/mol. The Bertz CT molecular complexity index is 534. The van der Waals surface area contributed by atoms with Gasteiger partial charge in [0.2, 0.25) is 0 Å². The van der Waals surface area contributed by atoms with Crippen molar-refractivity contribution in [2.75, 3.05) is 0 Å². The molecule has 1 aromatic carbocycles. The van der Waals surface area contributed by atoms with Crippen molar-refractivity contribution < 1.29 is 5.11 Å². The van der Waals surface area contributed by atoms with Crippen molar-refractivity contribution in [2.45, 2.75) is 43.9 Å². The van der Waals surface area contributed by atoms with Crippen molar-refractivity contribution in [1.82, 2.24) is 0 Å². The SMILES string of the molecule is N#Cc1ccc(O)c(C23CC4CC(CC(C4)C2)C3)c1. The molecule has 0 saturated heterocycles. The second-order valence-corrected chi connectivity index (χ2v) is 7.04. The number of benzene rings is 1. The summed E-state index contributed by atoms with van der Waals surface area (Å²) in [5.74, 6) is 2.98.